The summed E-state index contributed by atoms with van der Waals surface area (Å²) >= 11 is 1.22. The average molecular weight is 421 g/mol. The second-order valence-electron chi connectivity index (χ2n) is 7.12. The van der Waals surface area contributed by atoms with Gasteiger partial charge in [0.2, 0.25) is 5.78 Å². The third-order valence-electron chi connectivity index (χ3n) is 5.18. The topological polar surface area (TPSA) is 66.5 Å². The van der Waals surface area contributed by atoms with E-state index in [1.807, 2.05) is 0 Å². The molecular formula is C20H21FN2O3S2. The van der Waals surface area contributed by atoms with Crippen molar-refractivity contribution in [3.63, 3.8) is 0 Å². The van der Waals surface area contributed by atoms with Crippen molar-refractivity contribution >= 4 is 32.8 Å². The summed E-state index contributed by atoms with van der Waals surface area (Å²) in [5.74, 6) is -0.910. The van der Waals surface area contributed by atoms with Crippen LogP contribution in [-0.2, 0) is 16.6 Å². The Hall–Kier alpha value is -2.19. The second kappa shape index (κ2) is 7.67. The Bertz CT molecular complexity index is 1020. The maximum atomic E-state index is 13.6. The van der Waals surface area contributed by atoms with Crippen molar-refractivity contribution in [3.05, 3.63) is 63.1 Å². The molecule has 0 atom stereocenters. The molecule has 0 saturated heterocycles. The van der Waals surface area contributed by atoms with E-state index >= 15 is 0 Å². The van der Waals surface area contributed by atoms with E-state index in [4.69, 9.17) is 0 Å². The maximum absolute atomic E-state index is 13.6. The standard InChI is InChI=1S/C20H21FN2O3S2/c21-15-6-4-5-14(11-15)13-23-17-9-10-27-20(17)19(24)18(28(23,25)26)12-22-16-7-2-1-3-8-16/h4-6,9-12,16,22H,1-3,7-8,13H2/b18-12-. The lowest BCUT2D eigenvalue weighted by atomic mass is 9.96. The van der Waals surface area contributed by atoms with Gasteiger partial charge in [-0.25, -0.2) is 12.8 Å². The minimum absolute atomic E-state index is 0.0299. The molecule has 0 bridgehead atoms. The van der Waals surface area contributed by atoms with E-state index < -0.39 is 21.6 Å². The fraction of sp³-hybridized carbons (Fsp3) is 0.350. The van der Waals surface area contributed by atoms with Gasteiger partial charge in [-0.2, -0.15) is 0 Å². The molecule has 1 aliphatic carbocycles. The highest BCUT2D eigenvalue weighted by Crippen LogP contribution is 2.39. The van der Waals surface area contributed by atoms with Gasteiger partial charge in [0, 0.05) is 12.2 Å². The lowest BCUT2D eigenvalue weighted by Gasteiger charge is -2.30. The number of carbonyl (C=O) groups is 1. The first-order chi connectivity index (χ1) is 13.5. The zero-order valence-electron chi connectivity index (χ0n) is 15.2. The molecule has 1 aromatic heterocycles. The van der Waals surface area contributed by atoms with Crippen molar-refractivity contribution in [3.8, 4) is 0 Å². The van der Waals surface area contributed by atoms with E-state index in [1.54, 1.807) is 23.6 Å². The number of hydrogen-bond donors (Lipinski definition) is 1. The van der Waals surface area contributed by atoms with Gasteiger partial charge in [0.1, 0.15) is 10.7 Å². The van der Waals surface area contributed by atoms with Crippen molar-refractivity contribution in [1.29, 1.82) is 0 Å². The first kappa shape index (κ1) is 19.1. The van der Waals surface area contributed by atoms with Crippen molar-refractivity contribution in [2.24, 2.45) is 0 Å². The number of ketones is 1. The van der Waals surface area contributed by atoms with Gasteiger partial charge < -0.3 is 5.32 Å². The number of anilines is 1. The smallest absolute Gasteiger partial charge is 0.270 e. The van der Waals surface area contributed by atoms with Gasteiger partial charge in [0.25, 0.3) is 10.0 Å². The number of sulfonamides is 1. The molecule has 0 radical (unpaired) electrons. The van der Waals surface area contributed by atoms with Gasteiger partial charge in [0.15, 0.2) is 4.91 Å². The number of thiophene rings is 1. The lowest BCUT2D eigenvalue weighted by Crippen LogP contribution is -2.39. The highest BCUT2D eigenvalue weighted by Gasteiger charge is 2.41. The molecule has 0 amide bonds. The highest BCUT2D eigenvalue weighted by molar-refractivity contribution is 7.97. The van der Waals surface area contributed by atoms with Crippen LogP contribution in [0.5, 0.6) is 0 Å². The molecule has 2 aromatic rings. The Balaban J connectivity index is 1.69. The number of Topliss-reactive ketones (excluding diaryl/α,β-unsaturated/α-hetero) is 1. The van der Waals surface area contributed by atoms with E-state index in [0.717, 1.165) is 25.7 Å². The summed E-state index contributed by atoms with van der Waals surface area (Å²) in [4.78, 5) is 13.0. The van der Waals surface area contributed by atoms with Crippen molar-refractivity contribution in [2.75, 3.05) is 4.31 Å². The first-order valence-electron chi connectivity index (χ1n) is 9.32. The Kier molecular flexibility index (Phi) is 5.25. The van der Waals surface area contributed by atoms with E-state index in [1.165, 1.54) is 40.4 Å². The Morgan fingerprint density at radius 3 is 2.75 bits per heavy atom. The number of fused-ring (bicyclic) bond motifs is 1. The van der Waals surface area contributed by atoms with Gasteiger partial charge in [-0.1, -0.05) is 31.4 Å². The molecule has 0 unspecified atom stereocenters. The predicted molar refractivity (Wildman–Crippen MR) is 108 cm³/mol. The molecule has 8 heteroatoms. The number of allylic oxidation sites excluding steroid dienone is 1. The zero-order chi connectivity index (χ0) is 19.7. The highest BCUT2D eigenvalue weighted by atomic mass is 32.2. The third-order valence-corrected chi connectivity index (χ3v) is 7.85. The molecule has 1 fully saturated rings. The molecule has 0 spiro atoms. The number of rotatable bonds is 4. The third kappa shape index (κ3) is 3.58. The van der Waals surface area contributed by atoms with E-state index in [0.29, 0.717) is 16.1 Å². The van der Waals surface area contributed by atoms with Crippen LogP contribution in [0.15, 0.2) is 46.8 Å². The molecular weight excluding hydrogens is 399 g/mol. The van der Waals surface area contributed by atoms with Crippen molar-refractivity contribution in [1.82, 2.24) is 5.32 Å². The number of carbonyl (C=O) groups excluding carboxylic acids is 1. The SMILES string of the molecule is O=C1/C(=C/NC2CCCCC2)S(=O)(=O)N(Cc2cccc(F)c2)c2ccsc21. The maximum Gasteiger partial charge on any atom is 0.270 e. The number of nitrogens with one attached hydrogen (secondary N) is 1. The van der Waals surface area contributed by atoms with Crippen LogP contribution in [0.3, 0.4) is 0 Å². The van der Waals surface area contributed by atoms with Crippen LogP contribution in [0.1, 0.15) is 47.3 Å². The molecule has 5 nitrogen and oxygen atoms in total. The minimum atomic E-state index is -4.04. The summed E-state index contributed by atoms with van der Waals surface area (Å²) in [6.45, 7) is -0.0299. The molecule has 1 N–H and O–H groups in total. The van der Waals surface area contributed by atoms with Gasteiger partial charge >= 0.3 is 0 Å². The summed E-state index contributed by atoms with van der Waals surface area (Å²) in [6.07, 6.45) is 6.69. The van der Waals surface area contributed by atoms with Gasteiger partial charge in [-0.15, -0.1) is 11.3 Å². The minimum Gasteiger partial charge on any atom is -0.387 e. The Morgan fingerprint density at radius 1 is 1.21 bits per heavy atom. The van der Waals surface area contributed by atoms with Crippen molar-refractivity contribution < 1.29 is 17.6 Å². The largest absolute Gasteiger partial charge is 0.387 e. The van der Waals surface area contributed by atoms with Crippen LogP contribution in [0, 0.1) is 5.82 Å². The van der Waals surface area contributed by atoms with Crippen LogP contribution in [-0.4, -0.2) is 20.2 Å². The molecule has 2 aliphatic rings. The molecule has 1 aliphatic heterocycles. The summed E-state index contributed by atoms with van der Waals surface area (Å²) in [5, 5.41) is 4.85. The fourth-order valence-electron chi connectivity index (χ4n) is 3.72. The molecule has 148 valence electrons. The summed E-state index contributed by atoms with van der Waals surface area (Å²) in [7, 11) is -4.04. The predicted octanol–water partition coefficient (Wildman–Crippen LogP) is 4.18. The first-order valence-corrected chi connectivity index (χ1v) is 11.6. The molecule has 4 rings (SSSR count). The van der Waals surface area contributed by atoms with Crippen LogP contribution < -0.4 is 9.62 Å². The Morgan fingerprint density at radius 2 is 2.00 bits per heavy atom. The molecule has 1 saturated carbocycles. The van der Waals surface area contributed by atoms with Crippen LogP contribution >= 0.6 is 11.3 Å². The number of hydrogen-bond acceptors (Lipinski definition) is 5. The molecule has 1 aromatic carbocycles. The Labute approximate surface area is 167 Å². The van der Waals surface area contributed by atoms with Crippen LogP contribution in [0.2, 0.25) is 0 Å². The van der Waals surface area contributed by atoms with Gasteiger partial charge in [-0.3, -0.25) is 9.10 Å². The lowest BCUT2D eigenvalue weighted by molar-refractivity contribution is 0.104. The number of halogens is 1. The zero-order valence-corrected chi connectivity index (χ0v) is 16.9. The summed E-state index contributed by atoms with van der Waals surface area (Å²) in [6, 6.07) is 7.65. The van der Waals surface area contributed by atoms with Gasteiger partial charge in [0.05, 0.1) is 12.2 Å². The molecule has 2 heterocycles. The van der Waals surface area contributed by atoms with E-state index in [-0.39, 0.29) is 17.5 Å². The normalized spacial score (nSPS) is 21.0. The van der Waals surface area contributed by atoms with Crippen LogP contribution in [0.4, 0.5) is 10.1 Å². The van der Waals surface area contributed by atoms with E-state index in [2.05, 4.69) is 5.32 Å². The summed E-state index contributed by atoms with van der Waals surface area (Å²) in [5.41, 5.74) is 0.878. The van der Waals surface area contributed by atoms with Crippen molar-refractivity contribution in [2.45, 2.75) is 44.7 Å². The summed E-state index contributed by atoms with van der Waals surface area (Å²) < 4.78 is 41.3. The average Bonchev–Trinajstić information content (AvgIpc) is 3.15. The van der Waals surface area contributed by atoms with Crippen LogP contribution in [0.25, 0.3) is 0 Å². The monoisotopic (exact) mass is 420 g/mol. The number of nitrogens with zero attached hydrogens (tertiary/aromatic N) is 1. The van der Waals surface area contributed by atoms with Gasteiger partial charge in [-0.05, 0) is 42.0 Å². The van der Waals surface area contributed by atoms with E-state index in [9.17, 15) is 17.6 Å². The quantitative estimate of drug-likeness (QED) is 0.754. The number of benzene rings is 1. The second-order valence-corrected chi connectivity index (χ2v) is 9.86. The fourth-order valence-corrected chi connectivity index (χ4v) is 6.21. The molecule has 28 heavy (non-hydrogen) atoms.